The number of benzene rings is 3. The summed E-state index contributed by atoms with van der Waals surface area (Å²) >= 11 is 0. The van der Waals surface area contributed by atoms with Crippen LogP contribution in [0.5, 0.6) is 0 Å². The second-order valence-electron chi connectivity index (χ2n) is 4.39. The fourth-order valence-corrected chi connectivity index (χ4v) is 2.48. The topological polar surface area (TPSA) is 71.4 Å². The molecule has 0 amide bonds. The van der Waals surface area contributed by atoms with E-state index in [0.717, 1.165) is 16.2 Å². The third-order valence-corrected chi connectivity index (χ3v) is 3.39. The van der Waals surface area contributed by atoms with E-state index in [-0.39, 0.29) is 16.7 Å². The van der Waals surface area contributed by atoms with Crippen LogP contribution < -0.4 is 0 Å². The highest BCUT2D eigenvalue weighted by molar-refractivity contribution is 6.10. The smallest absolute Gasteiger partial charge is 0.102 e. The fraction of sp³-hybridized carbons (Fsp3) is 0. The standard InChI is InChI=1S/C17H7N3/c18-8-12-7-15-13-4-2-1-3-11(13)5-6-14(15)17(10-20)16(12)9-19/h1-7H. The molecule has 0 unspecified atom stereocenters. The minimum atomic E-state index is 0.151. The van der Waals surface area contributed by atoms with Gasteiger partial charge in [-0.2, -0.15) is 15.8 Å². The molecule has 0 radical (unpaired) electrons. The van der Waals surface area contributed by atoms with Gasteiger partial charge in [0.25, 0.3) is 0 Å². The third kappa shape index (κ3) is 1.50. The molecule has 0 atom stereocenters. The predicted molar refractivity (Wildman–Crippen MR) is 75.6 cm³/mol. The van der Waals surface area contributed by atoms with Gasteiger partial charge in [-0.05, 0) is 22.2 Å². The Labute approximate surface area is 115 Å². The molecule has 0 saturated carbocycles. The molecule has 0 aromatic heterocycles. The number of nitrogens with zero attached hydrogens (tertiary/aromatic N) is 3. The second-order valence-corrected chi connectivity index (χ2v) is 4.39. The molecule has 3 heteroatoms. The highest BCUT2D eigenvalue weighted by Crippen LogP contribution is 2.31. The van der Waals surface area contributed by atoms with Crippen LogP contribution in [-0.2, 0) is 0 Å². The fourth-order valence-electron chi connectivity index (χ4n) is 2.48. The lowest BCUT2D eigenvalue weighted by molar-refractivity contribution is 1.42. The van der Waals surface area contributed by atoms with E-state index in [9.17, 15) is 15.8 Å². The maximum atomic E-state index is 9.33. The Balaban J connectivity index is 2.64. The van der Waals surface area contributed by atoms with Gasteiger partial charge in [0.05, 0.1) is 16.7 Å². The maximum absolute atomic E-state index is 9.33. The Morgan fingerprint density at radius 3 is 2.10 bits per heavy atom. The van der Waals surface area contributed by atoms with Gasteiger partial charge in [-0.1, -0.05) is 36.4 Å². The zero-order valence-electron chi connectivity index (χ0n) is 10.4. The normalized spacial score (nSPS) is 9.85. The Hall–Kier alpha value is -3.35. The van der Waals surface area contributed by atoms with E-state index in [2.05, 4.69) is 6.07 Å². The Kier molecular flexibility index (Phi) is 2.58. The van der Waals surface area contributed by atoms with Crippen LogP contribution in [0.1, 0.15) is 16.7 Å². The molecule has 3 aromatic rings. The highest BCUT2D eigenvalue weighted by Gasteiger charge is 2.14. The molecule has 0 spiro atoms. The molecule has 20 heavy (non-hydrogen) atoms. The number of hydrogen-bond acceptors (Lipinski definition) is 3. The molecule has 3 nitrogen and oxygen atoms in total. The van der Waals surface area contributed by atoms with Crippen molar-refractivity contribution in [2.75, 3.05) is 0 Å². The van der Waals surface area contributed by atoms with E-state index in [1.165, 1.54) is 0 Å². The lowest BCUT2D eigenvalue weighted by Gasteiger charge is -2.07. The monoisotopic (exact) mass is 253 g/mol. The number of hydrogen-bond donors (Lipinski definition) is 0. The van der Waals surface area contributed by atoms with Crippen LogP contribution in [0.2, 0.25) is 0 Å². The molecule has 0 aliphatic carbocycles. The van der Waals surface area contributed by atoms with Crippen molar-refractivity contribution in [1.82, 2.24) is 0 Å². The third-order valence-electron chi connectivity index (χ3n) is 3.39. The SMILES string of the molecule is N#Cc1cc2c(ccc3ccccc32)c(C#N)c1C#N. The molecule has 0 N–H and O–H groups in total. The first kappa shape index (κ1) is 11.7. The van der Waals surface area contributed by atoms with E-state index in [0.29, 0.717) is 5.39 Å². The molecular formula is C17H7N3. The van der Waals surface area contributed by atoms with E-state index in [1.807, 2.05) is 48.5 Å². The van der Waals surface area contributed by atoms with Crippen LogP contribution in [-0.4, -0.2) is 0 Å². The lowest BCUT2D eigenvalue weighted by Crippen LogP contribution is -1.92. The Morgan fingerprint density at radius 2 is 1.40 bits per heavy atom. The van der Waals surface area contributed by atoms with Crippen molar-refractivity contribution in [2.45, 2.75) is 0 Å². The minimum absolute atomic E-state index is 0.151. The highest BCUT2D eigenvalue weighted by atomic mass is 14.3. The van der Waals surface area contributed by atoms with Gasteiger partial charge in [0, 0.05) is 5.39 Å². The zero-order chi connectivity index (χ0) is 14.1. The molecule has 0 bridgehead atoms. The van der Waals surface area contributed by atoms with Gasteiger partial charge in [-0.25, -0.2) is 0 Å². The Morgan fingerprint density at radius 1 is 0.650 bits per heavy atom. The number of rotatable bonds is 0. The van der Waals surface area contributed by atoms with Gasteiger partial charge in [0.2, 0.25) is 0 Å². The molecule has 0 saturated heterocycles. The van der Waals surface area contributed by atoms with Crippen molar-refractivity contribution in [3.63, 3.8) is 0 Å². The summed E-state index contributed by atoms with van der Waals surface area (Å²) in [5.41, 5.74) is 0.665. The maximum Gasteiger partial charge on any atom is 0.102 e. The van der Waals surface area contributed by atoms with Crippen LogP contribution in [0.15, 0.2) is 42.5 Å². The van der Waals surface area contributed by atoms with Gasteiger partial charge in [0.1, 0.15) is 18.2 Å². The van der Waals surface area contributed by atoms with Crippen molar-refractivity contribution < 1.29 is 0 Å². The van der Waals surface area contributed by atoms with E-state index >= 15 is 0 Å². The summed E-state index contributed by atoms with van der Waals surface area (Å²) < 4.78 is 0. The molecule has 3 aromatic carbocycles. The summed E-state index contributed by atoms with van der Waals surface area (Å²) in [6.45, 7) is 0. The average molecular weight is 253 g/mol. The summed E-state index contributed by atoms with van der Waals surface area (Å²) in [5.74, 6) is 0. The lowest BCUT2D eigenvalue weighted by atomic mass is 9.92. The van der Waals surface area contributed by atoms with Gasteiger partial charge >= 0.3 is 0 Å². The van der Waals surface area contributed by atoms with Gasteiger partial charge < -0.3 is 0 Å². The molecule has 0 aliphatic rings. The quantitative estimate of drug-likeness (QED) is 0.574. The van der Waals surface area contributed by atoms with Gasteiger partial charge in [-0.3, -0.25) is 0 Å². The molecule has 0 heterocycles. The predicted octanol–water partition coefficient (Wildman–Crippen LogP) is 3.61. The van der Waals surface area contributed by atoms with Crippen LogP contribution in [0, 0.1) is 34.0 Å². The largest absolute Gasteiger partial charge is 0.192 e. The summed E-state index contributed by atoms with van der Waals surface area (Å²) in [5, 5.41) is 31.3. The summed E-state index contributed by atoms with van der Waals surface area (Å²) in [7, 11) is 0. The molecule has 3 rings (SSSR count). The molecule has 0 fully saturated rings. The summed E-state index contributed by atoms with van der Waals surface area (Å²) in [6, 6.07) is 19.2. The zero-order valence-corrected chi connectivity index (χ0v) is 10.4. The second kappa shape index (κ2) is 4.39. The van der Waals surface area contributed by atoms with E-state index in [4.69, 9.17) is 0 Å². The van der Waals surface area contributed by atoms with Gasteiger partial charge in [0.15, 0.2) is 0 Å². The minimum Gasteiger partial charge on any atom is -0.192 e. The molecule has 0 aliphatic heterocycles. The van der Waals surface area contributed by atoms with Crippen molar-refractivity contribution in [3.8, 4) is 18.2 Å². The van der Waals surface area contributed by atoms with Crippen LogP contribution in [0.3, 0.4) is 0 Å². The summed E-state index contributed by atoms with van der Waals surface area (Å²) in [6.07, 6.45) is 0. The molecule has 90 valence electrons. The average Bonchev–Trinajstić information content (AvgIpc) is 2.52. The Bertz CT molecular complexity index is 979. The van der Waals surface area contributed by atoms with E-state index in [1.54, 1.807) is 6.07 Å². The first-order valence-electron chi connectivity index (χ1n) is 5.99. The van der Waals surface area contributed by atoms with Crippen molar-refractivity contribution >= 4 is 21.5 Å². The van der Waals surface area contributed by atoms with Crippen molar-refractivity contribution in [2.24, 2.45) is 0 Å². The first-order valence-corrected chi connectivity index (χ1v) is 5.99. The first-order chi connectivity index (χ1) is 9.80. The van der Waals surface area contributed by atoms with Crippen molar-refractivity contribution in [1.29, 1.82) is 15.8 Å². The van der Waals surface area contributed by atoms with Crippen molar-refractivity contribution in [3.05, 3.63) is 59.2 Å². The number of nitriles is 3. The van der Waals surface area contributed by atoms with Crippen LogP contribution in [0.4, 0.5) is 0 Å². The van der Waals surface area contributed by atoms with E-state index < -0.39 is 0 Å². The van der Waals surface area contributed by atoms with Gasteiger partial charge in [-0.15, -0.1) is 0 Å². The van der Waals surface area contributed by atoms with Crippen LogP contribution in [0.25, 0.3) is 21.5 Å². The molecular weight excluding hydrogens is 246 g/mol. The summed E-state index contributed by atoms with van der Waals surface area (Å²) in [4.78, 5) is 0. The number of fused-ring (bicyclic) bond motifs is 3. The van der Waals surface area contributed by atoms with Crippen LogP contribution >= 0.6 is 0 Å².